The Morgan fingerprint density at radius 1 is 1.35 bits per heavy atom. The van der Waals surface area contributed by atoms with Crippen LogP contribution in [0, 0.1) is 12.3 Å². The zero-order chi connectivity index (χ0) is 16.7. The first kappa shape index (κ1) is 16.4. The summed E-state index contributed by atoms with van der Waals surface area (Å²) in [5.41, 5.74) is 1.84. The highest BCUT2D eigenvalue weighted by Gasteiger charge is 2.47. The number of carbonyl (C=O) groups excluding carboxylic acids is 1. The first-order chi connectivity index (χ1) is 10.8. The lowest BCUT2D eigenvalue weighted by Crippen LogP contribution is -2.55. The molecular formula is C16H23N3O3S. The van der Waals surface area contributed by atoms with Gasteiger partial charge in [0.25, 0.3) is 5.91 Å². The molecule has 0 aromatic carbocycles. The zero-order valence-electron chi connectivity index (χ0n) is 13.6. The molecule has 3 rings (SSSR count). The third kappa shape index (κ3) is 3.55. The molecule has 1 aromatic heterocycles. The normalized spacial score (nSPS) is 21.2. The fourth-order valence-electron chi connectivity index (χ4n) is 3.82. The standard InChI is InChI=1S/C16H23N3O3S/c1-12-3-6-17-11-14(12)15(20)19-7-4-16(5-8-19)9-13(10-16)18-23(2,21)22/h3,6,11,13,18H,4-5,7-10H2,1-2H3. The third-order valence-electron chi connectivity index (χ3n) is 5.12. The van der Waals surface area contributed by atoms with Crippen molar-refractivity contribution < 1.29 is 13.2 Å². The smallest absolute Gasteiger partial charge is 0.255 e. The summed E-state index contributed by atoms with van der Waals surface area (Å²) in [7, 11) is -3.13. The van der Waals surface area contributed by atoms with Crippen molar-refractivity contribution in [1.29, 1.82) is 0 Å². The molecule has 1 spiro atoms. The molecule has 1 amide bonds. The van der Waals surface area contributed by atoms with E-state index < -0.39 is 10.0 Å². The molecule has 0 atom stereocenters. The van der Waals surface area contributed by atoms with Gasteiger partial charge in [0.15, 0.2) is 0 Å². The maximum Gasteiger partial charge on any atom is 0.255 e. The number of rotatable bonds is 3. The summed E-state index contributed by atoms with van der Waals surface area (Å²) < 4.78 is 25.2. The molecular weight excluding hydrogens is 314 g/mol. The molecule has 2 aliphatic rings. The first-order valence-corrected chi connectivity index (χ1v) is 9.84. The minimum absolute atomic E-state index is 0.0515. The van der Waals surface area contributed by atoms with Gasteiger partial charge in [0.2, 0.25) is 10.0 Å². The Bertz CT molecular complexity index is 701. The van der Waals surface area contributed by atoms with E-state index in [1.807, 2.05) is 17.9 Å². The van der Waals surface area contributed by atoms with Crippen molar-refractivity contribution in [2.24, 2.45) is 5.41 Å². The predicted molar refractivity (Wildman–Crippen MR) is 87.5 cm³/mol. The van der Waals surface area contributed by atoms with Crippen molar-refractivity contribution >= 4 is 15.9 Å². The van der Waals surface area contributed by atoms with Gasteiger partial charge in [-0.05, 0) is 49.7 Å². The summed E-state index contributed by atoms with van der Waals surface area (Å²) in [6, 6.07) is 1.92. The lowest BCUT2D eigenvalue weighted by Gasteiger charge is -2.52. The second-order valence-corrected chi connectivity index (χ2v) is 8.76. The number of amides is 1. The van der Waals surface area contributed by atoms with Gasteiger partial charge >= 0.3 is 0 Å². The number of aryl methyl sites for hydroxylation is 1. The maximum absolute atomic E-state index is 12.6. The van der Waals surface area contributed by atoms with Gasteiger partial charge in [-0.3, -0.25) is 9.78 Å². The minimum Gasteiger partial charge on any atom is -0.339 e. The first-order valence-electron chi connectivity index (χ1n) is 7.95. The summed E-state index contributed by atoms with van der Waals surface area (Å²) in [6.45, 7) is 3.39. The van der Waals surface area contributed by atoms with Crippen LogP contribution in [0.4, 0.5) is 0 Å². The van der Waals surface area contributed by atoms with Crippen LogP contribution in [0.1, 0.15) is 41.6 Å². The number of carbonyl (C=O) groups is 1. The van der Waals surface area contributed by atoms with E-state index in [4.69, 9.17) is 0 Å². The number of hydrogen-bond acceptors (Lipinski definition) is 4. The van der Waals surface area contributed by atoms with E-state index in [1.165, 1.54) is 6.26 Å². The Morgan fingerprint density at radius 3 is 2.57 bits per heavy atom. The molecule has 23 heavy (non-hydrogen) atoms. The van der Waals surface area contributed by atoms with Crippen LogP contribution in [0.3, 0.4) is 0 Å². The number of pyridine rings is 1. The molecule has 2 heterocycles. The molecule has 0 bridgehead atoms. The van der Waals surface area contributed by atoms with Gasteiger partial charge in [0.1, 0.15) is 0 Å². The molecule has 0 unspecified atom stereocenters. The molecule has 1 N–H and O–H groups in total. The summed E-state index contributed by atoms with van der Waals surface area (Å²) in [5, 5.41) is 0. The highest BCUT2D eigenvalue weighted by Crippen LogP contribution is 2.49. The van der Waals surface area contributed by atoms with Crippen molar-refractivity contribution in [3.63, 3.8) is 0 Å². The summed E-state index contributed by atoms with van der Waals surface area (Å²) in [6.07, 6.45) is 8.19. The van der Waals surface area contributed by atoms with Gasteiger partial charge < -0.3 is 4.90 Å². The second-order valence-electron chi connectivity index (χ2n) is 6.98. The summed E-state index contributed by atoms with van der Waals surface area (Å²) >= 11 is 0. The van der Waals surface area contributed by atoms with Crippen molar-refractivity contribution in [3.8, 4) is 0 Å². The SMILES string of the molecule is Cc1ccncc1C(=O)N1CCC2(CC1)CC(NS(C)(=O)=O)C2. The van der Waals surface area contributed by atoms with Crippen LogP contribution >= 0.6 is 0 Å². The van der Waals surface area contributed by atoms with Crippen molar-refractivity contribution in [3.05, 3.63) is 29.6 Å². The van der Waals surface area contributed by atoms with E-state index in [-0.39, 0.29) is 17.4 Å². The molecule has 0 radical (unpaired) electrons. The number of nitrogens with one attached hydrogen (secondary N) is 1. The number of likely N-dealkylation sites (tertiary alicyclic amines) is 1. The molecule has 1 saturated heterocycles. The number of hydrogen-bond donors (Lipinski definition) is 1. The van der Waals surface area contributed by atoms with Crippen LogP contribution in [0.15, 0.2) is 18.5 Å². The Balaban J connectivity index is 1.56. The van der Waals surface area contributed by atoms with Gasteiger partial charge in [-0.1, -0.05) is 0 Å². The molecule has 2 fully saturated rings. The van der Waals surface area contributed by atoms with Crippen molar-refractivity contribution in [1.82, 2.24) is 14.6 Å². The molecule has 1 aromatic rings. The van der Waals surface area contributed by atoms with Crippen LogP contribution in [-0.4, -0.2) is 49.6 Å². The average Bonchev–Trinajstić information content (AvgIpc) is 2.45. The molecule has 1 saturated carbocycles. The Hall–Kier alpha value is -1.47. The topological polar surface area (TPSA) is 79.4 Å². The van der Waals surface area contributed by atoms with Crippen LogP contribution in [0.5, 0.6) is 0 Å². The highest BCUT2D eigenvalue weighted by atomic mass is 32.2. The number of piperidine rings is 1. The predicted octanol–water partition coefficient (Wildman–Crippen LogP) is 1.32. The number of nitrogens with zero attached hydrogens (tertiary/aromatic N) is 2. The van der Waals surface area contributed by atoms with Crippen LogP contribution in [0.25, 0.3) is 0 Å². The average molecular weight is 337 g/mol. The van der Waals surface area contributed by atoms with Crippen molar-refractivity contribution in [2.45, 2.75) is 38.6 Å². The molecule has 6 nitrogen and oxygen atoms in total. The van der Waals surface area contributed by atoms with Crippen LogP contribution in [-0.2, 0) is 10.0 Å². The summed E-state index contributed by atoms with van der Waals surface area (Å²) in [5.74, 6) is 0.0515. The van der Waals surface area contributed by atoms with Gasteiger partial charge in [-0.25, -0.2) is 13.1 Å². The highest BCUT2D eigenvalue weighted by molar-refractivity contribution is 7.88. The molecule has 126 valence electrons. The Morgan fingerprint density at radius 2 is 2.00 bits per heavy atom. The quantitative estimate of drug-likeness (QED) is 0.902. The Kier molecular flexibility index (Phi) is 4.18. The number of sulfonamides is 1. The van der Waals surface area contributed by atoms with Gasteiger partial charge in [-0.2, -0.15) is 0 Å². The monoisotopic (exact) mass is 337 g/mol. The van der Waals surface area contributed by atoms with E-state index >= 15 is 0 Å². The fraction of sp³-hybridized carbons (Fsp3) is 0.625. The van der Waals surface area contributed by atoms with E-state index in [2.05, 4.69) is 9.71 Å². The van der Waals surface area contributed by atoms with E-state index in [9.17, 15) is 13.2 Å². The Labute approximate surface area is 137 Å². The van der Waals surface area contributed by atoms with Gasteiger partial charge in [-0.15, -0.1) is 0 Å². The van der Waals surface area contributed by atoms with Gasteiger partial charge in [0.05, 0.1) is 11.8 Å². The van der Waals surface area contributed by atoms with Crippen LogP contribution in [0.2, 0.25) is 0 Å². The lowest BCUT2D eigenvalue weighted by molar-refractivity contribution is 0.0137. The third-order valence-corrected chi connectivity index (χ3v) is 5.88. The lowest BCUT2D eigenvalue weighted by atomic mass is 9.60. The van der Waals surface area contributed by atoms with E-state index in [0.717, 1.165) is 44.3 Å². The van der Waals surface area contributed by atoms with E-state index in [1.54, 1.807) is 12.4 Å². The second kappa shape index (κ2) is 5.87. The molecule has 1 aliphatic heterocycles. The zero-order valence-corrected chi connectivity index (χ0v) is 14.4. The minimum atomic E-state index is -3.13. The number of aromatic nitrogens is 1. The summed E-state index contributed by atoms with van der Waals surface area (Å²) in [4.78, 5) is 18.5. The van der Waals surface area contributed by atoms with Gasteiger partial charge in [0, 0.05) is 31.5 Å². The molecule has 1 aliphatic carbocycles. The fourth-order valence-corrected chi connectivity index (χ4v) is 4.59. The largest absolute Gasteiger partial charge is 0.339 e. The maximum atomic E-state index is 12.6. The van der Waals surface area contributed by atoms with E-state index in [0.29, 0.717) is 5.56 Å². The van der Waals surface area contributed by atoms with Crippen molar-refractivity contribution in [2.75, 3.05) is 19.3 Å². The van der Waals surface area contributed by atoms with Crippen LogP contribution < -0.4 is 4.72 Å². The molecule has 7 heteroatoms.